The van der Waals surface area contributed by atoms with E-state index in [9.17, 15) is 19.2 Å². The Labute approximate surface area is 131 Å². The molecule has 0 saturated heterocycles. The molecule has 2 aromatic carbocycles. The maximum atomic E-state index is 11.9. The van der Waals surface area contributed by atoms with E-state index in [1.807, 2.05) is 30.3 Å². The first-order valence-electron chi connectivity index (χ1n) is 6.76. The van der Waals surface area contributed by atoms with Crippen molar-refractivity contribution >= 4 is 16.7 Å². The number of hydrogen-bond donors (Lipinski definition) is 3. The van der Waals surface area contributed by atoms with Gasteiger partial charge in [0.2, 0.25) is 0 Å². The van der Waals surface area contributed by atoms with Gasteiger partial charge in [0.15, 0.2) is 11.5 Å². The number of rotatable bonds is 6. The van der Waals surface area contributed by atoms with Gasteiger partial charge in [0.05, 0.1) is 5.56 Å². The number of aromatic hydroxyl groups is 2. The van der Waals surface area contributed by atoms with Gasteiger partial charge in [-0.25, -0.2) is 0 Å². The molecule has 0 bridgehead atoms. The van der Waals surface area contributed by atoms with E-state index in [0.29, 0.717) is 11.5 Å². The van der Waals surface area contributed by atoms with Crippen LogP contribution in [0.1, 0.15) is 15.9 Å². The van der Waals surface area contributed by atoms with Gasteiger partial charge < -0.3 is 15.5 Å². The van der Waals surface area contributed by atoms with Crippen molar-refractivity contribution in [1.29, 1.82) is 0 Å². The summed E-state index contributed by atoms with van der Waals surface area (Å²) >= 11 is 0. The van der Waals surface area contributed by atoms with Crippen LogP contribution in [-0.4, -0.2) is 32.6 Å². The lowest BCUT2D eigenvalue weighted by Gasteiger charge is -2.08. The molecule has 1 amide bonds. The summed E-state index contributed by atoms with van der Waals surface area (Å²) in [6, 6.07) is 13.7. The van der Waals surface area contributed by atoms with Crippen LogP contribution in [0, 0.1) is 0 Å². The summed E-state index contributed by atoms with van der Waals surface area (Å²) < 4.78 is 11.9. The van der Waals surface area contributed by atoms with Gasteiger partial charge in [-0.2, -0.15) is 0 Å². The van der Waals surface area contributed by atoms with Crippen LogP contribution in [0.3, 0.4) is 0 Å². The molecule has 0 heterocycles. The molecule has 6 heteroatoms. The first kappa shape index (κ1) is 16.0. The van der Waals surface area contributed by atoms with Crippen molar-refractivity contribution in [3.05, 3.63) is 59.7 Å². The van der Waals surface area contributed by atoms with Crippen LogP contribution >= 0.6 is 0 Å². The number of amides is 1. The molecule has 5 nitrogen and oxygen atoms in total. The zero-order valence-corrected chi connectivity index (χ0v) is 12.7. The highest BCUT2D eigenvalue weighted by Crippen LogP contribution is 2.27. The molecule has 0 aromatic heterocycles. The van der Waals surface area contributed by atoms with Gasteiger partial charge in [-0.3, -0.25) is 9.00 Å². The molecule has 2 rings (SSSR count). The predicted octanol–water partition coefficient (Wildman–Crippen LogP) is 1.78. The Morgan fingerprint density at radius 1 is 1.05 bits per heavy atom. The minimum absolute atomic E-state index is 0.00570. The standard InChI is InChI=1S/C16H17NO4S/c18-14-8-4-7-13(15(14)19)16(20)17-9-10-22(21)11-12-5-2-1-3-6-12/h1-8,18-19H,9-11H2,(H,17,20)/t22-/m1/s1. The second-order valence-electron chi connectivity index (χ2n) is 4.70. The number of para-hydroxylation sites is 1. The lowest BCUT2D eigenvalue weighted by molar-refractivity contribution is 0.0953. The largest absolute Gasteiger partial charge is 0.504 e. The van der Waals surface area contributed by atoms with Crippen LogP contribution < -0.4 is 5.32 Å². The monoisotopic (exact) mass is 319 g/mol. The molecule has 0 aliphatic rings. The molecule has 2 aromatic rings. The molecule has 1 atom stereocenters. The summed E-state index contributed by atoms with van der Waals surface area (Å²) in [6.07, 6.45) is 0. The van der Waals surface area contributed by atoms with E-state index in [1.54, 1.807) is 0 Å². The predicted molar refractivity (Wildman–Crippen MR) is 85.3 cm³/mol. The van der Waals surface area contributed by atoms with Crippen LogP contribution in [0.4, 0.5) is 0 Å². The Hall–Kier alpha value is -2.34. The highest BCUT2D eigenvalue weighted by Gasteiger charge is 2.13. The fourth-order valence-electron chi connectivity index (χ4n) is 1.92. The third kappa shape index (κ3) is 4.33. The van der Waals surface area contributed by atoms with Gasteiger partial charge in [-0.1, -0.05) is 36.4 Å². The van der Waals surface area contributed by atoms with E-state index >= 15 is 0 Å². The first-order chi connectivity index (χ1) is 10.6. The highest BCUT2D eigenvalue weighted by atomic mass is 32.2. The lowest BCUT2D eigenvalue weighted by Crippen LogP contribution is -2.28. The Morgan fingerprint density at radius 2 is 1.77 bits per heavy atom. The minimum Gasteiger partial charge on any atom is -0.504 e. The van der Waals surface area contributed by atoms with E-state index in [-0.39, 0.29) is 17.9 Å². The molecule has 0 unspecified atom stereocenters. The Balaban J connectivity index is 1.82. The zero-order chi connectivity index (χ0) is 15.9. The Morgan fingerprint density at radius 3 is 2.50 bits per heavy atom. The maximum Gasteiger partial charge on any atom is 0.255 e. The van der Waals surface area contributed by atoms with Gasteiger partial charge >= 0.3 is 0 Å². The van der Waals surface area contributed by atoms with E-state index < -0.39 is 22.5 Å². The molecule has 0 saturated carbocycles. The molecule has 116 valence electrons. The minimum atomic E-state index is -1.08. The molecular formula is C16H17NO4S. The molecule has 0 spiro atoms. The van der Waals surface area contributed by atoms with Crippen molar-refractivity contribution < 1.29 is 19.2 Å². The van der Waals surface area contributed by atoms with Crippen LogP contribution in [0.15, 0.2) is 48.5 Å². The van der Waals surface area contributed by atoms with Gasteiger partial charge in [0.25, 0.3) is 5.91 Å². The van der Waals surface area contributed by atoms with E-state index in [1.165, 1.54) is 18.2 Å². The van der Waals surface area contributed by atoms with Crippen LogP contribution in [0.2, 0.25) is 0 Å². The summed E-state index contributed by atoms with van der Waals surface area (Å²) in [4.78, 5) is 11.9. The fourth-order valence-corrected chi connectivity index (χ4v) is 2.96. The average molecular weight is 319 g/mol. The molecule has 0 aliphatic carbocycles. The van der Waals surface area contributed by atoms with Gasteiger partial charge in [0, 0.05) is 28.9 Å². The topological polar surface area (TPSA) is 86.6 Å². The van der Waals surface area contributed by atoms with E-state index in [4.69, 9.17) is 0 Å². The molecule has 22 heavy (non-hydrogen) atoms. The van der Waals surface area contributed by atoms with Crippen molar-refractivity contribution in [2.24, 2.45) is 0 Å². The summed E-state index contributed by atoms with van der Waals surface area (Å²) in [5, 5.41) is 21.5. The SMILES string of the molecule is O=C(NCC[S@@](=O)Cc1ccccc1)c1cccc(O)c1O. The van der Waals surface area contributed by atoms with Crippen LogP contribution in [-0.2, 0) is 16.6 Å². The number of phenols is 2. The number of carbonyl (C=O) groups excluding carboxylic acids is 1. The van der Waals surface area contributed by atoms with E-state index in [0.717, 1.165) is 5.56 Å². The lowest BCUT2D eigenvalue weighted by atomic mass is 10.2. The Kier molecular flexibility index (Phi) is 5.55. The van der Waals surface area contributed by atoms with Crippen molar-refractivity contribution in [1.82, 2.24) is 5.32 Å². The summed E-state index contributed by atoms with van der Waals surface area (Å²) in [5.74, 6) is -0.551. The number of carbonyl (C=O) groups is 1. The van der Waals surface area contributed by atoms with Gasteiger partial charge in [-0.05, 0) is 17.7 Å². The van der Waals surface area contributed by atoms with Crippen molar-refractivity contribution in [2.75, 3.05) is 12.3 Å². The summed E-state index contributed by atoms with van der Waals surface area (Å²) in [5.41, 5.74) is 0.978. The number of phenolic OH excluding ortho intramolecular Hbond substituents is 2. The second kappa shape index (κ2) is 7.61. The van der Waals surface area contributed by atoms with Crippen LogP contribution in [0.5, 0.6) is 11.5 Å². The summed E-state index contributed by atoms with van der Waals surface area (Å²) in [7, 11) is -1.08. The molecule has 0 fully saturated rings. The van der Waals surface area contributed by atoms with Crippen LogP contribution in [0.25, 0.3) is 0 Å². The number of benzene rings is 2. The molecule has 0 aliphatic heterocycles. The average Bonchev–Trinajstić information content (AvgIpc) is 2.51. The van der Waals surface area contributed by atoms with Crippen molar-refractivity contribution in [2.45, 2.75) is 5.75 Å². The van der Waals surface area contributed by atoms with E-state index in [2.05, 4.69) is 5.32 Å². The third-order valence-electron chi connectivity index (χ3n) is 3.05. The second-order valence-corrected chi connectivity index (χ2v) is 6.28. The number of nitrogens with one attached hydrogen (secondary N) is 1. The fraction of sp³-hybridized carbons (Fsp3) is 0.188. The normalized spacial score (nSPS) is 11.8. The molecule has 3 N–H and O–H groups in total. The van der Waals surface area contributed by atoms with Gasteiger partial charge in [-0.15, -0.1) is 0 Å². The van der Waals surface area contributed by atoms with Crippen molar-refractivity contribution in [3.63, 3.8) is 0 Å². The molecular weight excluding hydrogens is 302 g/mol. The third-order valence-corrected chi connectivity index (χ3v) is 4.36. The van der Waals surface area contributed by atoms with Crippen molar-refractivity contribution in [3.8, 4) is 11.5 Å². The number of hydrogen-bond acceptors (Lipinski definition) is 4. The first-order valence-corrected chi connectivity index (χ1v) is 8.25. The van der Waals surface area contributed by atoms with Gasteiger partial charge in [0.1, 0.15) is 0 Å². The maximum absolute atomic E-state index is 11.9. The smallest absolute Gasteiger partial charge is 0.255 e. The zero-order valence-electron chi connectivity index (χ0n) is 11.9. The summed E-state index contributed by atoms with van der Waals surface area (Å²) in [6.45, 7) is 0.230. The molecule has 0 radical (unpaired) electrons. The quantitative estimate of drug-likeness (QED) is 0.708. The highest BCUT2D eigenvalue weighted by molar-refractivity contribution is 7.84. The Bertz CT molecular complexity index is 673.